The summed E-state index contributed by atoms with van der Waals surface area (Å²) in [4.78, 5) is 32.3. The normalized spacial score (nSPS) is 16.9. The van der Waals surface area contributed by atoms with E-state index in [0.29, 0.717) is 16.8 Å². The minimum absolute atomic E-state index is 0.00172. The number of carbonyl (C=O) groups excluding carboxylic acids is 1. The Balaban J connectivity index is 1.42. The Morgan fingerprint density at radius 1 is 1.11 bits per heavy atom. The molecular formula is C25H27ClN4O5S. The van der Waals surface area contributed by atoms with Gasteiger partial charge in [0.1, 0.15) is 6.04 Å². The summed E-state index contributed by atoms with van der Waals surface area (Å²) in [6.45, 7) is 0.253. The summed E-state index contributed by atoms with van der Waals surface area (Å²) in [7, 11) is -2.13. The van der Waals surface area contributed by atoms with Crippen molar-refractivity contribution in [2.45, 2.75) is 23.8 Å². The summed E-state index contributed by atoms with van der Waals surface area (Å²) in [6.07, 6.45) is 4.75. The van der Waals surface area contributed by atoms with Crippen LogP contribution in [0.5, 0.6) is 0 Å². The first kappa shape index (κ1) is 25.9. The van der Waals surface area contributed by atoms with Crippen molar-refractivity contribution in [3.05, 3.63) is 65.9 Å². The molecule has 1 N–H and O–H groups in total. The third kappa shape index (κ3) is 5.61. The monoisotopic (exact) mass is 530 g/mol. The van der Waals surface area contributed by atoms with Gasteiger partial charge in [-0.15, -0.1) is 0 Å². The zero-order chi connectivity index (χ0) is 25.9. The highest BCUT2D eigenvalue weighted by atomic mass is 35.5. The molecule has 1 atom stereocenters. The molecule has 190 valence electrons. The number of sulfonamides is 1. The van der Waals surface area contributed by atoms with Crippen LogP contribution in [-0.4, -0.2) is 78.9 Å². The van der Waals surface area contributed by atoms with E-state index in [1.807, 2.05) is 19.2 Å². The second-order valence-corrected chi connectivity index (χ2v) is 11.1. The summed E-state index contributed by atoms with van der Waals surface area (Å²) in [6, 6.07) is 12.2. The van der Waals surface area contributed by atoms with Gasteiger partial charge in [-0.2, -0.15) is 4.31 Å². The lowest BCUT2D eigenvalue weighted by atomic mass is 10.1. The highest BCUT2D eigenvalue weighted by Gasteiger charge is 2.41. The SMILES string of the molecule is CN(CCCCN1C(=O)CN(S(=O)(=O)c2ccc3cc(Cl)ccc3c2)C[C@@H]1C(=O)O)c1ccncc1. The number of carboxylic acids is 1. The molecule has 1 saturated heterocycles. The van der Waals surface area contributed by atoms with E-state index in [0.717, 1.165) is 28.3 Å². The number of hydrogen-bond acceptors (Lipinski definition) is 6. The van der Waals surface area contributed by atoms with Crippen molar-refractivity contribution in [2.24, 2.45) is 0 Å². The first-order chi connectivity index (χ1) is 17.2. The molecule has 0 bridgehead atoms. The van der Waals surface area contributed by atoms with Crippen LogP contribution >= 0.6 is 11.6 Å². The molecule has 11 heteroatoms. The van der Waals surface area contributed by atoms with Gasteiger partial charge in [0, 0.05) is 49.8 Å². The van der Waals surface area contributed by atoms with Crippen LogP contribution in [0.15, 0.2) is 65.8 Å². The number of hydrogen-bond donors (Lipinski definition) is 1. The van der Waals surface area contributed by atoms with Crippen molar-refractivity contribution in [2.75, 3.05) is 38.1 Å². The van der Waals surface area contributed by atoms with E-state index < -0.39 is 34.5 Å². The number of aromatic nitrogens is 1. The average Bonchev–Trinajstić information content (AvgIpc) is 2.86. The Bertz CT molecular complexity index is 1370. The van der Waals surface area contributed by atoms with Gasteiger partial charge in [-0.25, -0.2) is 13.2 Å². The second-order valence-electron chi connectivity index (χ2n) is 8.73. The van der Waals surface area contributed by atoms with E-state index in [-0.39, 0.29) is 18.0 Å². The van der Waals surface area contributed by atoms with Crippen molar-refractivity contribution in [3.63, 3.8) is 0 Å². The Labute approximate surface area is 214 Å². The van der Waals surface area contributed by atoms with E-state index in [1.165, 1.54) is 17.0 Å². The van der Waals surface area contributed by atoms with Gasteiger partial charge in [-0.05, 0) is 60.0 Å². The van der Waals surface area contributed by atoms with Gasteiger partial charge in [0.15, 0.2) is 0 Å². The van der Waals surface area contributed by atoms with Crippen LogP contribution in [0.3, 0.4) is 0 Å². The van der Waals surface area contributed by atoms with Gasteiger partial charge in [0.05, 0.1) is 11.4 Å². The average molecular weight is 531 g/mol. The van der Waals surface area contributed by atoms with E-state index in [1.54, 1.807) is 36.7 Å². The number of halogens is 1. The molecule has 0 saturated carbocycles. The highest BCUT2D eigenvalue weighted by molar-refractivity contribution is 7.89. The molecular weight excluding hydrogens is 504 g/mol. The summed E-state index contributed by atoms with van der Waals surface area (Å²) >= 11 is 6.01. The van der Waals surface area contributed by atoms with Crippen LogP contribution in [0.2, 0.25) is 5.02 Å². The molecule has 2 aromatic carbocycles. The lowest BCUT2D eigenvalue weighted by Crippen LogP contribution is -2.60. The van der Waals surface area contributed by atoms with E-state index in [9.17, 15) is 23.1 Å². The number of amides is 1. The predicted molar refractivity (Wildman–Crippen MR) is 138 cm³/mol. The number of benzene rings is 2. The van der Waals surface area contributed by atoms with Crippen molar-refractivity contribution in [1.29, 1.82) is 0 Å². The maximum Gasteiger partial charge on any atom is 0.327 e. The van der Waals surface area contributed by atoms with Gasteiger partial charge >= 0.3 is 5.97 Å². The molecule has 1 aliphatic heterocycles. The second kappa shape index (κ2) is 10.8. The fraction of sp³-hybridized carbons (Fsp3) is 0.320. The molecule has 0 radical (unpaired) electrons. The summed E-state index contributed by atoms with van der Waals surface area (Å²) in [5.74, 6) is -1.75. The summed E-state index contributed by atoms with van der Waals surface area (Å²) in [5, 5.41) is 11.8. The van der Waals surface area contributed by atoms with Crippen LogP contribution in [-0.2, 0) is 19.6 Å². The minimum atomic E-state index is -4.08. The van der Waals surface area contributed by atoms with E-state index in [4.69, 9.17) is 11.6 Å². The zero-order valence-corrected chi connectivity index (χ0v) is 21.3. The van der Waals surface area contributed by atoms with Crippen molar-refractivity contribution in [3.8, 4) is 0 Å². The number of carbonyl (C=O) groups is 2. The standard InChI is InChI=1S/C25H27ClN4O5S/c1-28(21-8-10-27-11-9-21)12-2-3-13-30-23(25(32)33)16-29(17-24(30)31)36(34,35)22-7-5-18-14-20(26)6-4-19(18)15-22/h4-11,14-15,23H,2-3,12-13,16-17H2,1H3,(H,32,33)/t23-/m1/s1. The molecule has 1 aliphatic rings. The van der Waals surface area contributed by atoms with Gasteiger partial charge < -0.3 is 14.9 Å². The van der Waals surface area contributed by atoms with Crippen LogP contribution in [0.1, 0.15) is 12.8 Å². The van der Waals surface area contributed by atoms with Crippen LogP contribution in [0.25, 0.3) is 10.8 Å². The van der Waals surface area contributed by atoms with Crippen molar-refractivity contribution in [1.82, 2.24) is 14.2 Å². The maximum absolute atomic E-state index is 13.3. The molecule has 1 aromatic heterocycles. The van der Waals surface area contributed by atoms with Gasteiger partial charge in [0.2, 0.25) is 15.9 Å². The molecule has 1 fully saturated rings. The number of aliphatic carboxylic acids is 1. The Morgan fingerprint density at radius 2 is 1.81 bits per heavy atom. The van der Waals surface area contributed by atoms with Crippen molar-refractivity contribution < 1.29 is 23.1 Å². The smallest absolute Gasteiger partial charge is 0.327 e. The minimum Gasteiger partial charge on any atom is -0.480 e. The maximum atomic E-state index is 13.3. The third-order valence-electron chi connectivity index (χ3n) is 6.33. The van der Waals surface area contributed by atoms with Crippen LogP contribution < -0.4 is 4.90 Å². The third-order valence-corrected chi connectivity index (χ3v) is 8.37. The number of nitrogens with zero attached hydrogens (tertiary/aromatic N) is 4. The molecule has 36 heavy (non-hydrogen) atoms. The number of piperazine rings is 1. The van der Waals surface area contributed by atoms with Crippen LogP contribution in [0.4, 0.5) is 5.69 Å². The van der Waals surface area contributed by atoms with E-state index >= 15 is 0 Å². The fourth-order valence-corrected chi connectivity index (χ4v) is 5.92. The quantitative estimate of drug-likeness (QED) is 0.423. The number of carboxylic acid groups (broad SMARTS) is 1. The number of fused-ring (bicyclic) bond motifs is 1. The highest BCUT2D eigenvalue weighted by Crippen LogP contribution is 2.26. The molecule has 0 spiro atoms. The fourth-order valence-electron chi connectivity index (χ4n) is 4.31. The Morgan fingerprint density at radius 3 is 2.53 bits per heavy atom. The predicted octanol–water partition coefficient (Wildman–Crippen LogP) is 3.09. The zero-order valence-electron chi connectivity index (χ0n) is 19.7. The Hall–Kier alpha value is -3.21. The van der Waals surface area contributed by atoms with E-state index in [2.05, 4.69) is 9.88 Å². The molecule has 2 heterocycles. The molecule has 0 aliphatic carbocycles. The number of anilines is 1. The van der Waals surface area contributed by atoms with Crippen molar-refractivity contribution >= 4 is 50.0 Å². The topological polar surface area (TPSA) is 111 Å². The largest absolute Gasteiger partial charge is 0.480 e. The molecule has 1 amide bonds. The lowest BCUT2D eigenvalue weighted by molar-refractivity contribution is -0.154. The molecule has 9 nitrogen and oxygen atoms in total. The summed E-state index contributed by atoms with van der Waals surface area (Å²) < 4.78 is 27.6. The first-order valence-electron chi connectivity index (χ1n) is 11.5. The van der Waals surface area contributed by atoms with Crippen LogP contribution in [0, 0.1) is 0 Å². The van der Waals surface area contributed by atoms with Gasteiger partial charge in [-0.1, -0.05) is 23.7 Å². The van der Waals surface area contributed by atoms with Gasteiger partial charge in [0.25, 0.3) is 0 Å². The first-order valence-corrected chi connectivity index (χ1v) is 13.3. The number of pyridine rings is 1. The molecule has 0 unspecified atom stereocenters. The summed E-state index contributed by atoms with van der Waals surface area (Å²) in [5.41, 5.74) is 1.01. The lowest BCUT2D eigenvalue weighted by Gasteiger charge is -2.38. The Kier molecular flexibility index (Phi) is 7.77. The number of rotatable bonds is 9. The number of unbranched alkanes of at least 4 members (excludes halogenated alkanes) is 1. The van der Waals surface area contributed by atoms with Gasteiger partial charge in [-0.3, -0.25) is 9.78 Å². The molecule has 4 rings (SSSR count). The molecule has 3 aromatic rings.